The topological polar surface area (TPSA) is 55.1 Å². The maximum atomic E-state index is 13.3. The van der Waals surface area contributed by atoms with Gasteiger partial charge in [0.2, 0.25) is 5.91 Å². The molecule has 0 bridgehead atoms. The summed E-state index contributed by atoms with van der Waals surface area (Å²) in [6.07, 6.45) is 0.394. The zero-order valence-corrected chi connectivity index (χ0v) is 10.1. The van der Waals surface area contributed by atoms with Crippen LogP contribution in [0.15, 0.2) is 12.1 Å². The highest BCUT2D eigenvalue weighted by Gasteiger charge is 2.18. The number of rotatable bonds is 4. The fraction of sp³-hybridized carbons (Fsp3) is 0.417. The summed E-state index contributed by atoms with van der Waals surface area (Å²) in [5.74, 6) is -4.13. The molecule has 1 aromatic carbocycles. The van der Waals surface area contributed by atoms with Crippen LogP contribution in [0.2, 0.25) is 0 Å². The van der Waals surface area contributed by atoms with Gasteiger partial charge in [-0.1, -0.05) is 13.8 Å². The molecule has 100 valence electrons. The van der Waals surface area contributed by atoms with Gasteiger partial charge in [-0.15, -0.1) is 0 Å². The molecule has 1 aromatic rings. The molecule has 1 atom stereocenters. The molecule has 3 N–H and O–H groups in total. The van der Waals surface area contributed by atoms with E-state index < -0.39 is 35.1 Å². The van der Waals surface area contributed by atoms with E-state index in [-0.39, 0.29) is 5.92 Å². The van der Waals surface area contributed by atoms with Crippen LogP contribution in [0.5, 0.6) is 0 Å². The Morgan fingerprint density at radius 3 is 2.50 bits per heavy atom. The van der Waals surface area contributed by atoms with Crippen molar-refractivity contribution in [2.45, 2.75) is 26.3 Å². The first-order valence-corrected chi connectivity index (χ1v) is 5.52. The highest BCUT2D eigenvalue weighted by molar-refractivity contribution is 5.94. The maximum Gasteiger partial charge on any atom is 0.241 e. The third-order valence-electron chi connectivity index (χ3n) is 2.31. The average Bonchev–Trinajstić information content (AvgIpc) is 2.24. The van der Waals surface area contributed by atoms with E-state index >= 15 is 0 Å². The number of hydrogen-bond donors (Lipinski definition) is 2. The second-order valence-corrected chi connectivity index (χ2v) is 4.47. The summed E-state index contributed by atoms with van der Waals surface area (Å²) in [6.45, 7) is 3.74. The van der Waals surface area contributed by atoms with E-state index in [1.807, 2.05) is 13.8 Å². The van der Waals surface area contributed by atoms with Crippen LogP contribution in [0.4, 0.5) is 18.9 Å². The van der Waals surface area contributed by atoms with Crippen molar-refractivity contribution < 1.29 is 18.0 Å². The number of hydrogen-bond acceptors (Lipinski definition) is 2. The van der Waals surface area contributed by atoms with Gasteiger partial charge in [0.1, 0.15) is 5.82 Å². The van der Waals surface area contributed by atoms with E-state index in [1.165, 1.54) is 0 Å². The van der Waals surface area contributed by atoms with E-state index in [2.05, 4.69) is 5.32 Å². The van der Waals surface area contributed by atoms with Gasteiger partial charge in [0.25, 0.3) is 0 Å². The molecule has 18 heavy (non-hydrogen) atoms. The van der Waals surface area contributed by atoms with Gasteiger partial charge in [-0.25, -0.2) is 13.2 Å². The first kappa shape index (κ1) is 14.5. The highest BCUT2D eigenvalue weighted by Crippen LogP contribution is 2.19. The normalized spacial score (nSPS) is 12.6. The number of carbonyl (C=O) groups is 1. The molecule has 3 nitrogen and oxygen atoms in total. The predicted octanol–water partition coefficient (Wildman–Crippen LogP) is 2.42. The second kappa shape index (κ2) is 5.86. The fourth-order valence-electron chi connectivity index (χ4n) is 1.49. The average molecular weight is 260 g/mol. The van der Waals surface area contributed by atoms with Crippen LogP contribution >= 0.6 is 0 Å². The number of benzene rings is 1. The van der Waals surface area contributed by atoms with Crippen molar-refractivity contribution >= 4 is 11.6 Å². The third-order valence-corrected chi connectivity index (χ3v) is 2.31. The lowest BCUT2D eigenvalue weighted by Gasteiger charge is -2.14. The number of nitrogens with two attached hydrogens (primary N) is 1. The molecule has 0 fully saturated rings. The first-order chi connectivity index (χ1) is 8.31. The van der Waals surface area contributed by atoms with Gasteiger partial charge < -0.3 is 11.1 Å². The lowest BCUT2D eigenvalue weighted by Crippen LogP contribution is -2.37. The summed E-state index contributed by atoms with van der Waals surface area (Å²) < 4.78 is 39.1. The zero-order chi connectivity index (χ0) is 13.9. The molecule has 0 aliphatic rings. The Hall–Kier alpha value is -1.56. The summed E-state index contributed by atoms with van der Waals surface area (Å²) >= 11 is 0. The summed E-state index contributed by atoms with van der Waals surface area (Å²) in [5, 5.41) is 2.08. The van der Waals surface area contributed by atoms with E-state index in [9.17, 15) is 18.0 Å². The van der Waals surface area contributed by atoms with Gasteiger partial charge in [0.05, 0.1) is 11.7 Å². The van der Waals surface area contributed by atoms with Crippen molar-refractivity contribution in [3.63, 3.8) is 0 Å². The van der Waals surface area contributed by atoms with Crippen molar-refractivity contribution in [1.29, 1.82) is 0 Å². The van der Waals surface area contributed by atoms with Gasteiger partial charge >= 0.3 is 0 Å². The number of carbonyl (C=O) groups excluding carboxylic acids is 1. The minimum Gasteiger partial charge on any atom is -0.322 e. The van der Waals surface area contributed by atoms with Crippen LogP contribution in [-0.2, 0) is 4.79 Å². The molecule has 0 saturated heterocycles. The molecule has 6 heteroatoms. The van der Waals surface area contributed by atoms with Crippen LogP contribution in [0.3, 0.4) is 0 Å². The van der Waals surface area contributed by atoms with Gasteiger partial charge in [-0.3, -0.25) is 4.79 Å². The number of anilines is 1. The molecule has 0 radical (unpaired) electrons. The number of amides is 1. The quantitative estimate of drug-likeness (QED) is 0.817. The molecule has 1 amide bonds. The van der Waals surface area contributed by atoms with Gasteiger partial charge in [0.15, 0.2) is 11.6 Å². The van der Waals surface area contributed by atoms with Crippen molar-refractivity contribution in [2.24, 2.45) is 11.7 Å². The summed E-state index contributed by atoms with van der Waals surface area (Å²) in [4.78, 5) is 11.6. The molecular weight excluding hydrogens is 245 g/mol. The Bertz CT molecular complexity index is 449. The lowest BCUT2D eigenvalue weighted by molar-refractivity contribution is -0.117. The molecule has 0 saturated carbocycles. The van der Waals surface area contributed by atoms with Crippen LogP contribution in [0.25, 0.3) is 0 Å². The summed E-state index contributed by atoms with van der Waals surface area (Å²) in [7, 11) is 0. The SMILES string of the molecule is CC(C)C[C@@H](N)C(=O)Nc1cc(F)cc(F)c1F. The van der Waals surface area contributed by atoms with Crippen LogP contribution in [0, 0.1) is 23.4 Å². The Balaban J connectivity index is 2.82. The molecule has 0 aliphatic carbocycles. The van der Waals surface area contributed by atoms with Crippen molar-refractivity contribution in [2.75, 3.05) is 5.32 Å². The summed E-state index contributed by atoms with van der Waals surface area (Å²) in [6, 6.07) is 0.257. The summed E-state index contributed by atoms with van der Waals surface area (Å²) in [5.41, 5.74) is 5.03. The van der Waals surface area contributed by atoms with E-state index in [1.54, 1.807) is 0 Å². The Morgan fingerprint density at radius 2 is 1.94 bits per heavy atom. The highest BCUT2D eigenvalue weighted by atomic mass is 19.2. The molecule has 0 aromatic heterocycles. The van der Waals surface area contributed by atoms with Gasteiger partial charge in [0, 0.05) is 12.1 Å². The Morgan fingerprint density at radius 1 is 1.33 bits per heavy atom. The van der Waals surface area contributed by atoms with Crippen LogP contribution in [0.1, 0.15) is 20.3 Å². The van der Waals surface area contributed by atoms with E-state index in [4.69, 9.17) is 5.73 Å². The molecular formula is C12H15F3N2O. The van der Waals surface area contributed by atoms with E-state index in [0.29, 0.717) is 18.6 Å². The van der Waals surface area contributed by atoms with E-state index in [0.717, 1.165) is 0 Å². The largest absolute Gasteiger partial charge is 0.322 e. The standard InChI is InChI=1S/C12H15F3N2O/c1-6(2)3-9(16)12(18)17-10-5-7(13)4-8(14)11(10)15/h4-6,9H,3,16H2,1-2H3,(H,17,18)/t9-/m1/s1. The Labute approximate surface area is 103 Å². The Kier molecular flexibility index (Phi) is 4.72. The number of halogens is 3. The van der Waals surface area contributed by atoms with Crippen molar-refractivity contribution in [3.05, 3.63) is 29.6 Å². The molecule has 0 aliphatic heterocycles. The molecule has 0 unspecified atom stereocenters. The minimum atomic E-state index is -1.36. The van der Waals surface area contributed by atoms with Crippen LogP contribution in [-0.4, -0.2) is 11.9 Å². The molecule has 0 heterocycles. The first-order valence-electron chi connectivity index (χ1n) is 5.52. The lowest BCUT2D eigenvalue weighted by atomic mass is 10.0. The smallest absolute Gasteiger partial charge is 0.241 e. The van der Waals surface area contributed by atoms with Crippen LogP contribution < -0.4 is 11.1 Å². The van der Waals surface area contributed by atoms with Gasteiger partial charge in [-0.2, -0.15) is 0 Å². The molecule has 1 rings (SSSR count). The zero-order valence-electron chi connectivity index (χ0n) is 10.1. The number of nitrogens with one attached hydrogen (secondary N) is 1. The second-order valence-electron chi connectivity index (χ2n) is 4.47. The maximum absolute atomic E-state index is 13.3. The fourth-order valence-corrected chi connectivity index (χ4v) is 1.49. The minimum absolute atomic E-state index is 0.180. The van der Waals surface area contributed by atoms with Crippen molar-refractivity contribution in [1.82, 2.24) is 0 Å². The predicted molar refractivity (Wildman–Crippen MR) is 62.4 cm³/mol. The monoisotopic (exact) mass is 260 g/mol. The third kappa shape index (κ3) is 3.73. The van der Waals surface area contributed by atoms with Crippen molar-refractivity contribution in [3.8, 4) is 0 Å². The van der Waals surface area contributed by atoms with Gasteiger partial charge in [-0.05, 0) is 12.3 Å². The molecule has 0 spiro atoms.